The van der Waals surface area contributed by atoms with Crippen molar-refractivity contribution in [2.75, 3.05) is 13.1 Å². The van der Waals surface area contributed by atoms with Crippen LogP contribution in [0.4, 0.5) is 0 Å². The van der Waals surface area contributed by atoms with E-state index in [2.05, 4.69) is 49.1 Å². The molecule has 0 heterocycles. The van der Waals surface area contributed by atoms with Gasteiger partial charge in [0.25, 0.3) is 0 Å². The second-order valence-electron chi connectivity index (χ2n) is 7.35. The topological polar surface area (TPSA) is 29.3 Å². The van der Waals surface area contributed by atoms with Crippen molar-refractivity contribution in [1.29, 1.82) is 0 Å². The van der Waals surface area contributed by atoms with Crippen molar-refractivity contribution in [3.63, 3.8) is 0 Å². The first kappa shape index (κ1) is 16.5. The summed E-state index contributed by atoms with van der Waals surface area (Å²) >= 11 is 0. The Morgan fingerprint density at radius 3 is 2.62 bits per heavy atom. The average molecular weight is 288 g/mol. The lowest BCUT2D eigenvalue weighted by atomic mass is 9.85. The lowest BCUT2D eigenvalue weighted by Gasteiger charge is -2.31. The third-order valence-electron chi connectivity index (χ3n) is 4.94. The second-order valence-corrected chi connectivity index (χ2v) is 7.35. The first-order chi connectivity index (χ1) is 10.1. The van der Waals surface area contributed by atoms with E-state index in [4.69, 9.17) is 5.73 Å². The Balaban J connectivity index is 2.01. The minimum Gasteiger partial charge on any atom is -0.330 e. The van der Waals surface area contributed by atoms with Crippen LogP contribution in [0.15, 0.2) is 30.3 Å². The summed E-state index contributed by atoms with van der Waals surface area (Å²) < 4.78 is 0. The van der Waals surface area contributed by atoms with E-state index in [1.165, 1.54) is 37.7 Å². The van der Waals surface area contributed by atoms with Gasteiger partial charge in [-0.2, -0.15) is 0 Å². The summed E-state index contributed by atoms with van der Waals surface area (Å²) in [5, 5.41) is 0. The van der Waals surface area contributed by atoms with Crippen molar-refractivity contribution in [1.82, 2.24) is 4.90 Å². The van der Waals surface area contributed by atoms with Crippen molar-refractivity contribution in [3.05, 3.63) is 35.9 Å². The zero-order chi connectivity index (χ0) is 15.1. The van der Waals surface area contributed by atoms with Crippen LogP contribution in [0.1, 0.15) is 57.9 Å². The number of benzene rings is 1. The van der Waals surface area contributed by atoms with Crippen LogP contribution in [-0.4, -0.2) is 24.0 Å². The first-order valence-electron chi connectivity index (χ1n) is 8.59. The van der Waals surface area contributed by atoms with Crippen molar-refractivity contribution < 1.29 is 0 Å². The monoisotopic (exact) mass is 288 g/mol. The van der Waals surface area contributed by atoms with Gasteiger partial charge < -0.3 is 5.73 Å². The highest BCUT2D eigenvalue weighted by atomic mass is 15.1. The molecule has 2 heteroatoms. The fourth-order valence-electron chi connectivity index (χ4n) is 3.51. The summed E-state index contributed by atoms with van der Waals surface area (Å²) in [6.45, 7) is 7.86. The third-order valence-corrected chi connectivity index (χ3v) is 4.94. The Labute approximate surface area is 130 Å². The van der Waals surface area contributed by atoms with Crippen molar-refractivity contribution in [2.24, 2.45) is 11.1 Å². The summed E-state index contributed by atoms with van der Waals surface area (Å²) in [5.74, 6) is 0. The Bertz CT molecular complexity index is 399. The van der Waals surface area contributed by atoms with Gasteiger partial charge in [0.05, 0.1) is 0 Å². The van der Waals surface area contributed by atoms with Crippen LogP contribution in [0.25, 0.3) is 0 Å². The molecule has 1 aliphatic rings. The molecule has 1 aromatic rings. The van der Waals surface area contributed by atoms with Crippen LogP contribution in [0.5, 0.6) is 0 Å². The highest BCUT2D eigenvalue weighted by molar-refractivity contribution is 5.14. The summed E-state index contributed by atoms with van der Waals surface area (Å²) in [6, 6.07) is 11.6. The maximum absolute atomic E-state index is 5.75. The molecular formula is C19H32N2. The van der Waals surface area contributed by atoms with Crippen LogP contribution in [0.3, 0.4) is 0 Å². The molecule has 0 bridgehead atoms. The van der Waals surface area contributed by atoms with Crippen LogP contribution in [0.2, 0.25) is 0 Å². The molecule has 1 aliphatic carbocycles. The summed E-state index contributed by atoms with van der Waals surface area (Å²) in [6.07, 6.45) is 7.88. The molecular weight excluding hydrogens is 256 g/mol. The minimum atomic E-state index is 0.529. The molecule has 0 radical (unpaired) electrons. The SMILES string of the molecule is CC1(C)CCCC(N(CCCN)Cc2ccccc2)CC1. The summed E-state index contributed by atoms with van der Waals surface area (Å²) in [4.78, 5) is 2.68. The van der Waals surface area contributed by atoms with Gasteiger partial charge >= 0.3 is 0 Å². The van der Waals surface area contributed by atoms with Crippen LogP contribution >= 0.6 is 0 Å². The number of hydrogen-bond acceptors (Lipinski definition) is 2. The fraction of sp³-hybridized carbons (Fsp3) is 0.684. The van der Waals surface area contributed by atoms with Gasteiger partial charge in [-0.3, -0.25) is 4.90 Å². The van der Waals surface area contributed by atoms with Gasteiger partial charge in [0.15, 0.2) is 0 Å². The second kappa shape index (κ2) is 7.95. The van der Waals surface area contributed by atoms with Gasteiger partial charge in [-0.15, -0.1) is 0 Å². The van der Waals surface area contributed by atoms with E-state index in [0.717, 1.165) is 32.1 Å². The molecule has 118 valence electrons. The van der Waals surface area contributed by atoms with E-state index in [1.807, 2.05) is 0 Å². The van der Waals surface area contributed by atoms with Crippen LogP contribution < -0.4 is 5.73 Å². The van der Waals surface area contributed by atoms with Crippen molar-refractivity contribution in [2.45, 2.75) is 65.0 Å². The molecule has 2 rings (SSSR count). The number of rotatable bonds is 6. The Morgan fingerprint density at radius 2 is 1.90 bits per heavy atom. The number of nitrogens with two attached hydrogens (primary N) is 1. The lowest BCUT2D eigenvalue weighted by Crippen LogP contribution is -2.36. The molecule has 1 unspecified atom stereocenters. The lowest BCUT2D eigenvalue weighted by molar-refractivity contribution is 0.165. The molecule has 1 aromatic carbocycles. The minimum absolute atomic E-state index is 0.529. The van der Waals surface area contributed by atoms with E-state index in [1.54, 1.807) is 0 Å². The first-order valence-corrected chi connectivity index (χ1v) is 8.59. The molecule has 1 fully saturated rings. The molecule has 21 heavy (non-hydrogen) atoms. The Morgan fingerprint density at radius 1 is 1.14 bits per heavy atom. The molecule has 2 N–H and O–H groups in total. The standard InChI is InChI=1S/C19H32N2/c1-19(2)12-6-10-18(11-13-19)21(15-7-14-20)16-17-8-4-3-5-9-17/h3-5,8-9,18H,6-7,10-16,20H2,1-2H3. The van der Waals surface area contributed by atoms with Gasteiger partial charge in [0, 0.05) is 12.6 Å². The quantitative estimate of drug-likeness (QED) is 0.795. The Kier molecular flexibility index (Phi) is 6.25. The molecule has 2 nitrogen and oxygen atoms in total. The summed E-state index contributed by atoms with van der Waals surface area (Å²) in [5.41, 5.74) is 7.70. The molecule has 0 aliphatic heterocycles. The highest BCUT2D eigenvalue weighted by Crippen LogP contribution is 2.35. The number of hydrogen-bond donors (Lipinski definition) is 1. The largest absolute Gasteiger partial charge is 0.330 e. The smallest absolute Gasteiger partial charge is 0.0236 e. The maximum atomic E-state index is 5.75. The third kappa shape index (κ3) is 5.44. The molecule has 1 atom stereocenters. The number of nitrogens with zero attached hydrogens (tertiary/aromatic N) is 1. The van der Waals surface area contributed by atoms with Crippen LogP contribution in [-0.2, 0) is 6.54 Å². The predicted octanol–water partition coefficient (Wildman–Crippen LogP) is 4.20. The predicted molar refractivity (Wildman–Crippen MR) is 91.2 cm³/mol. The van der Waals surface area contributed by atoms with E-state index in [0.29, 0.717) is 5.41 Å². The van der Waals surface area contributed by atoms with E-state index < -0.39 is 0 Å². The molecule has 1 saturated carbocycles. The van der Waals surface area contributed by atoms with Gasteiger partial charge in [-0.05, 0) is 56.2 Å². The van der Waals surface area contributed by atoms with Gasteiger partial charge in [0.2, 0.25) is 0 Å². The highest BCUT2D eigenvalue weighted by Gasteiger charge is 2.27. The van der Waals surface area contributed by atoms with Crippen LogP contribution in [0, 0.1) is 5.41 Å². The summed E-state index contributed by atoms with van der Waals surface area (Å²) in [7, 11) is 0. The van der Waals surface area contributed by atoms with E-state index in [9.17, 15) is 0 Å². The van der Waals surface area contributed by atoms with Gasteiger partial charge in [-0.1, -0.05) is 50.6 Å². The molecule has 0 spiro atoms. The fourth-order valence-corrected chi connectivity index (χ4v) is 3.51. The van der Waals surface area contributed by atoms with Crippen molar-refractivity contribution in [3.8, 4) is 0 Å². The van der Waals surface area contributed by atoms with Crippen molar-refractivity contribution >= 4 is 0 Å². The zero-order valence-electron chi connectivity index (χ0n) is 13.9. The Hall–Kier alpha value is -0.860. The molecule has 0 saturated heterocycles. The average Bonchev–Trinajstić information content (AvgIpc) is 2.65. The van der Waals surface area contributed by atoms with E-state index >= 15 is 0 Å². The molecule has 0 amide bonds. The maximum Gasteiger partial charge on any atom is 0.0236 e. The normalized spacial score (nSPS) is 22.2. The van der Waals surface area contributed by atoms with E-state index in [-0.39, 0.29) is 0 Å². The van der Waals surface area contributed by atoms with Gasteiger partial charge in [0.1, 0.15) is 0 Å². The molecule has 0 aromatic heterocycles. The zero-order valence-corrected chi connectivity index (χ0v) is 13.9. The van der Waals surface area contributed by atoms with Gasteiger partial charge in [-0.25, -0.2) is 0 Å².